The largest absolute Gasteiger partial charge is 0.481 e. The third kappa shape index (κ3) is 31.8. The van der Waals surface area contributed by atoms with Crippen LogP contribution in [0.3, 0.4) is 0 Å². The minimum atomic E-state index is -1.75. The number of likely N-dealkylation sites (N-methyl/N-ethyl adjacent to an activating group) is 1. The number of carbonyl (C=O) groups excluding carboxylic acids is 6. The van der Waals surface area contributed by atoms with E-state index in [1.165, 1.54) is 34.9 Å². The van der Waals surface area contributed by atoms with Crippen LogP contribution in [0.5, 0.6) is 0 Å². The minimum Gasteiger partial charge on any atom is -0.481 e. The van der Waals surface area contributed by atoms with Crippen molar-refractivity contribution >= 4 is 84.9 Å². The van der Waals surface area contributed by atoms with Crippen LogP contribution in [-0.2, 0) is 71.5 Å². The Morgan fingerprint density at radius 3 is 1.62 bits per heavy atom. The molecular weight excluding hydrogens is 1360 g/mol. The Labute approximate surface area is 605 Å². The van der Waals surface area contributed by atoms with Gasteiger partial charge >= 0.3 is 35.8 Å². The van der Waals surface area contributed by atoms with Crippen LogP contribution < -0.4 is 5.32 Å². The van der Waals surface area contributed by atoms with Gasteiger partial charge in [-0.05, 0) is 163 Å². The first-order chi connectivity index (χ1) is 46.6. The Morgan fingerprint density at radius 1 is 0.566 bits per heavy atom. The second-order valence-corrected chi connectivity index (χ2v) is 33.9. The molecule has 7 N–H and O–H groups in total. The van der Waals surface area contributed by atoms with Crippen molar-refractivity contribution in [1.29, 1.82) is 0 Å². The number of unbranched alkanes of at least 4 members (excludes halogenated alkanes) is 5. The summed E-state index contributed by atoms with van der Waals surface area (Å²) in [6.07, 6.45) is -0.124. The number of aliphatic hydroxyl groups is 5. The lowest BCUT2D eigenvalue weighted by atomic mass is 9.60. The Hall–Kier alpha value is -3.52. The lowest BCUT2D eigenvalue weighted by molar-refractivity contribution is -0.302. The second-order valence-electron chi connectivity index (χ2n) is 28.7. The predicted octanol–water partition coefficient (Wildman–Crippen LogP) is 10.0. The zero-order valence-corrected chi connectivity index (χ0v) is 65.0. The van der Waals surface area contributed by atoms with E-state index in [0.717, 1.165) is 36.5 Å². The molecule has 2 rings (SSSR count). The smallest absolute Gasteiger partial charge is 0.311 e. The third-order valence-electron chi connectivity index (χ3n) is 18.6. The van der Waals surface area contributed by atoms with Crippen molar-refractivity contribution in [3.05, 3.63) is 24.4 Å². The summed E-state index contributed by atoms with van der Waals surface area (Å²) in [5.41, 5.74) is -10.8. The van der Waals surface area contributed by atoms with Gasteiger partial charge in [-0.15, -0.1) is 0 Å². The molecule has 99 heavy (non-hydrogen) atoms. The lowest BCUT2D eigenvalue weighted by Gasteiger charge is -2.44. The summed E-state index contributed by atoms with van der Waals surface area (Å²) in [6.45, 7) is 19.8. The van der Waals surface area contributed by atoms with Gasteiger partial charge in [-0.2, -0.15) is 0 Å². The van der Waals surface area contributed by atoms with Crippen LogP contribution in [-0.4, -0.2) is 223 Å². The maximum atomic E-state index is 15.5. The normalized spacial score (nSPS) is 21.0. The highest BCUT2D eigenvalue weighted by Gasteiger charge is 2.56. The van der Waals surface area contributed by atoms with E-state index in [1.807, 2.05) is 45.0 Å². The van der Waals surface area contributed by atoms with Crippen LogP contribution in [0.4, 0.5) is 0 Å². The van der Waals surface area contributed by atoms with E-state index in [1.54, 1.807) is 89.2 Å². The van der Waals surface area contributed by atoms with E-state index in [2.05, 4.69) is 17.2 Å². The summed E-state index contributed by atoms with van der Waals surface area (Å²) in [6, 6.07) is 5.50. The summed E-state index contributed by atoms with van der Waals surface area (Å²) < 4.78 is 46.7. The fraction of sp³-hybridized carbons (Fsp3) is 0.831. The number of aliphatic carboxylic acids is 1. The Balaban J connectivity index is 2.84. The second kappa shape index (κ2) is 46.3. The molecule has 0 saturated carbocycles. The summed E-state index contributed by atoms with van der Waals surface area (Å²) in [5, 5.41) is 65.1. The predicted molar refractivity (Wildman–Crippen MR) is 386 cm³/mol. The van der Waals surface area contributed by atoms with Gasteiger partial charge in [-0.25, -0.2) is 4.98 Å². The molecular formula is C71H123N3O21S4. The number of hydrogen-bond acceptors (Lipinski definition) is 26. The maximum Gasteiger partial charge on any atom is 0.311 e. The molecule has 0 aliphatic carbocycles. The van der Waals surface area contributed by atoms with E-state index in [4.69, 9.17) is 37.9 Å². The summed E-state index contributed by atoms with van der Waals surface area (Å²) in [7, 11) is 9.69. The number of pyridine rings is 1. The van der Waals surface area contributed by atoms with Crippen LogP contribution in [0.25, 0.3) is 0 Å². The minimum absolute atomic E-state index is 0.0117. The number of hydrogen-bond donors (Lipinski definition) is 7. The SMILES string of the molecule is CCCCCCCSSCCOC(=O)C(C)(CCC(C)(CC(C)(CC(C)(CCC)C(=O)O)C(=O)OCCCC)C(=O)OCCN(C)C)CC(C)(CC(C)(CCC(C)(CC)C(=O)OCCOCCO[C@@H]1O[C@H](CO)[C@H](O)[C@H](O)[C@H]1O)C(=O)NCC(C)O)C(=O)OCCSSc1ccccn1. The van der Waals surface area contributed by atoms with Gasteiger partial charge in [-0.3, -0.25) is 33.6 Å². The van der Waals surface area contributed by atoms with Gasteiger partial charge in [0.2, 0.25) is 5.91 Å². The molecule has 1 aromatic rings. The number of aliphatic hydroxyl groups excluding tert-OH is 5. The first kappa shape index (κ1) is 91.6. The maximum absolute atomic E-state index is 15.5. The molecule has 572 valence electrons. The van der Waals surface area contributed by atoms with E-state index >= 15 is 19.2 Å². The van der Waals surface area contributed by atoms with Crippen molar-refractivity contribution in [2.45, 2.75) is 240 Å². The molecule has 0 radical (unpaired) electrons. The van der Waals surface area contributed by atoms with Gasteiger partial charge in [0.15, 0.2) is 6.29 Å². The van der Waals surface area contributed by atoms with Crippen LogP contribution >= 0.6 is 43.2 Å². The molecule has 1 aromatic heterocycles. The molecule has 0 spiro atoms. The molecule has 24 nitrogen and oxygen atoms in total. The van der Waals surface area contributed by atoms with Gasteiger partial charge < -0.3 is 78.8 Å². The van der Waals surface area contributed by atoms with E-state index in [9.17, 15) is 45.0 Å². The number of carboxylic acids is 1. The lowest BCUT2D eigenvalue weighted by Crippen LogP contribution is -2.59. The van der Waals surface area contributed by atoms with Gasteiger partial charge in [0.25, 0.3) is 0 Å². The van der Waals surface area contributed by atoms with Crippen molar-refractivity contribution < 1.29 is 102 Å². The molecule has 1 fully saturated rings. The van der Waals surface area contributed by atoms with Gasteiger partial charge in [0.05, 0.1) is 71.6 Å². The van der Waals surface area contributed by atoms with Crippen molar-refractivity contribution in [3.8, 4) is 0 Å². The van der Waals surface area contributed by atoms with Crippen molar-refractivity contribution in [2.24, 2.45) is 37.9 Å². The van der Waals surface area contributed by atoms with Crippen LogP contribution in [0.1, 0.15) is 199 Å². The zero-order valence-electron chi connectivity index (χ0n) is 61.7. The number of ether oxygens (including phenoxy) is 8. The summed E-state index contributed by atoms with van der Waals surface area (Å²) >= 11 is 0. The summed E-state index contributed by atoms with van der Waals surface area (Å²) in [5.74, 6) is -3.45. The van der Waals surface area contributed by atoms with E-state index in [0.29, 0.717) is 37.3 Å². The summed E-state index contributed by atoms with van der Waals surface area (Å²) in [4.78, 5) is 110. The van der Waals surface area contributed by atoms with Crippen molar-refractivity contribution in [2.75, 3.05) is 104 Å². The van der Waals surface area contributed by atoms with Crippen LogP contribution in [0, 0.1) is 37.9 Å². The number of aromatic nitrogens is 1. The van der Waals surface area contributed by atoms with Crippen LogP contribution in [0.15, 0.2) is 29.4 Å². The molecule has 1 amide bonds. The monoisotopic (exact) mass is 1480 g/mol. The first-order valence-electron chi connectivity index (χ1n) is 35.3. The molecule has 0 bridgehead atoms. The van der Waals surface area contributed by atoms with Gasteiger partial charge in [0, 0.05) is 42.0 Å². The Morgan fingerprint density at radius 2 is 1.07 bits per heavy atom. The van der Waals surface area contributed by atoms with E-state index in [-0.39, 0.29) is 124 Å². The highest BCUT2D eigenvalue weighted by molar-refractivity contribution is 8.77. The number of rotatable bonds is 55. The topological polar surface area (TPSA) is 343 Å². The number of esters is 5. The number of amides is 1. The average molecular weight is 1480 g/mol. The fourth-order valence-electron chi connectivity index (χ4n) is 12.4. The molecule has 0 aromatic carbocycles. The number of nitrogens with zero attached hydrogens (tertiary/aromatic N) is 2. The molecule has 1 saturated heterocycles. The van der Waals surface area contributed by atoms with Gasteiger partial charge in [0.1, 0.15) is 55.9 Å². The highest BCUT2D eigenvalue weighted by atomic mass is 33.1. The van der Waals surface area contributed by atoms with Gasteiger partial charge in [-0.1, -0.05) is 112 Å². The standard InChI is InChI=1S/C71H123N3O21S4/c1-15-19-21-22-25-42-96-97-43-40-93-62(85)69(10,31-30-68(9,61(84)91-35-33-74(13)14)50-71(12,63(86)90-34-20-16-2)48-67(8,27-17-3)59(81)82)49-70(11,64(87)94-41-44-98-99-53-26-23-24-32-72-53)47-66(7,58(80)73-45-51(5)76)29-28-65(6,18-4)60(83)92-39-37-88-36-38-89-57-56(79)55(78)54(77)52(46-75)95-57/h23-24,26,32,51-52,54-57,75-79H,15-22,25,27-31,33-50H2,1-14H3,(H,73,80)(H,81,82)/t51?,52-,54+,55+,56-,57-,65?,66?,67?,68?,69?,70?,71?/m1/s1. The van der Waals surface area contributed by atoms with E-state index < -0.39 is 123 Å². The fourth-order valence-corrected chi connectivity index (χ4v) is 16.1. The van der Waals surface area contributed by atoms with Crippen molar-refractivity contribution in [3.63, 3.8) is 0 Å². The average Bonchev–Trinajstić information content (AvgIpc) is 0.793. The zero-order chi connectivity index (χ0) is 74.5. The highest BCUT2D eigenvalue weighted by Crippen LogP contribution is 2.53. The Bertz CT molecular complexity index is 2550. The molecule has 13 atom stereocenters. The first-order valence-corrected chi connectivity index (χ1v) is 40.1. The van der Waals surface area contributed by atoms with Crippen LogP contribution in [0.2, 0.25) is 0 Å². The number of carbonyl (C=O) groups is 7. The third-order valence-corrected chi connectivity index (χ3v) is 23.2. The molecule has 2 heterocycles. The number of nitrogens with one attached hydrogen (secondary N) is 1. The molecule has 28 heteroatoms. The number of carboxylic acid groups (broad SMARTS) is 1. The molecule has 1 aliphatic heterocycles. The molecule has 8 unspecified atom stereocenters. The molecule has 1 aliphatic rings. The Kier molecular flexibility index (Phi) is 42.9. The quantitative estimate of drug-likeness (QED) is 0.0138. The van der Waals surface area contributed by atoms with Crippen molar-refractivity contribution in [1.82, 2.24) is 15.2 Å².